The first-order valence-electron chi connectivity index (χ1n) is 5.09. The van der Waals surface area contributed by atoms with Crippen LogP contribution in [-0.2, 0) is 19.1 Å². The number of ether oxygens (including phenoxy) is 2. The van der Waals surface area contributed by atoms with Crippen molar-refractivity contribution in [3.8, 4) is 0 Å². The summed E-state index contributed by atoms with van der Waals surface area (Å²) in [4.78, 5) is 22.1. The lowest BCUT2D eigenvalue weighted by Crippen LogP contribution is -2.16. The number of esters is 2. The number of thiol groups is 2. The predicted molar refractivity (Wildman–Crippen MR) is 68.0 cm³/mol. The summed E-state index contributed by atoms with van der Waals surface area (Å²) in [5, 5.41) is -0.0554. The number of carbonyl (C=O) groups excluding carboxylic acids is 2. The molecule has 0 aliphatic heterocycles. The maximum atomic E-state index is 11.1. The Labute approximate surface area is 107 Å². The Morgan fingerprint density at radius 2 is 1.25 bits per heavy atom. The van der Waals surface area contributed by atoms with Crippen molar-refractivity contribution in [3.63, 3.8) is 0 Å². The van der Waals surface area contributed by atoms with Gasteiger partial charge in [-0.3, -0.25) is 9.59 Å². The molecule has 2 atom stereocenters. The average molecular weight is 266 g/mol. The van der Waals surface area contributed by atoms with Crippen LogP contribution in [-0.4, -0.2) is 35.7 Å². The molecule has 0 amide bonds. The molecule has 0 radical (unpaired) electrons. The van der Waals surface area contributed by atoms with Crippen LogP contribution in [0.15, 0.2) is 0 Å². The molecule has 16 heavy (non-hydrogen) atoms. The second kappa shape index (κ2) is 8.75. The minimum Gasteiger partial charge on any atom is -0.462 e. The van der Waals surface area contributed by atoms with Gasteiger partial charge in [0.15, 0.2) is 0 Å². The Balaban J connectivity index is 3.46. The van der Waals surface area contributed by atoms with E-state index >= 15 is 0 Å². The van der Waals surface area contributed by atoms with Crippen LogP contribution in [0.1, 0.15) is 26.7 Å². The van der Waals surface area contributed by atoms with Crippen LogP contribution < -0.4 is 0 Å². The molecule has 0 aromatic rings. The molecule has 0 bridgehead atoms. The van der Waals surface area contributed by atoms with Crippen LogP contribution >= 0.6 is 25.3 Å². The fourth-order valence-corrected chi connectivity index (χ4v) is 1.21. The average Bonchev–Trinajstić information content (AvgIpc) is 2.10. The summed E-state index contributed by atoms with van der Waals surface area (Å²) in [5.74, 6) is -0.665. The van der Waals surface area contributed by atoms with Gasteiger partial charge in [0.1, 0.15) is 13.2 Å². The van der Waals surface area contributed by atoms with Gasteiger partial charge in [-0.1, -0.05) is 13.8 Å². The monoisotopic (exact) mass is 266 g/mol. The summed E-state index contributed by atoms with van der Waals surface area (Å²) in [6, 6.07) is 0. The molecule has 0 saturated carbocycles. The molecule has 0 saturated heterocycles. The zero-order valence-corrected chi connectivity index (χ0v) is 11.3. The fourth-order valence-electron chi connectivity index (χ4n) is 0.911. The van der Waals surface area contributed by atoms with E-state index in [0.29, 0.717) is 0 Å². The summed E-state index contributed by atoms with van der Waals surface area (Å²) in [6.45, 7) is 3.79. The van der Waals surface area contributed by atoms with E-state index in [-0.39, 0.29) is 48.5 Å². The molecular formula is C10H18O4S2. The fraction of sp³-hybridized carbons (Fsp3) is 0.800. The van der Waals surface area contributed by atoms with Gasteiger partial charge >= 0.3 is 11.9 Å². The van der Waals surface area contributed by atoms with Crippen molar-refractivity contribution in [1.29, 1.82) is 0 Å². The molecule has 2 unspecified atom stereocenters. The van der Waals surface area contributed by atoms with Crippen molar-refractivity contribution in [2.45, 2.75) is 37.2 Å². The third-order valence-corrected chi connectivity index (χ3v) is 1.90. The molecule has 0 aliphatic carbocycles. The lowest BCUT2D eigenvalue weighted by Gasteiger charge is -2.08. The highest BCUT2D eigenvalue weighted by atomic mass is 32.1. The van der Waals surface area contributed by atoms with Crippen LogP contribution in [0, 0.1) is 0 Å². The zero-order valence-electron chi connectivity index (χ0n) is 9.51. The van der Waals surface area contributed by atoms with Crippen LogP contribution in [0.3, 0.4) is 0 Å². The molecule has 0 fully saturated rings. The minimum atomic E-state index is -0.332. The third kappa shape index (κ3) is 10.2. The highest BCUT2D eigenvalue weighted by Gasteiger charge is 2.08. The highest BCUT2D eigenvalue weighted by molar-refractivity contribution is 7.81. The summed E-state index contributed by atoms with van der Waals surface area (Å²) >= 11 is 8.12. The highest BCUT2D eigenvalue weighted by Crippen LogP contribution is 2.02. The van der Waals surface area contributed by atoms with E-state index in [1.54, 1.807) is 13.8 Å². The maximum absolute atomic E-state index is 11.1. The second-order valence-corrected chi connectivity index (χ2v) is 5.31. The first-order valence-corrected chi connectivity index (χ1v) is 6.12. The lowest BCUT2D eigenvalue weighted by molar-refractivity contribution is -0.152. The summed E-state index contributed by atoms with van der Waals surface area (Å²) in [6.07, 6.45) is 0.509. The van der Waals surface area contributed by atoms with Gasteiger partial charge < -0.3 is 9.47 Å². The second-order valence-electron chi connectivity index (χ2n) is 3.55. The molecule has 0 N–H and O–H groups in total. The van der Waals surface area contributed by atoms with Gasteiger partial charge in [-0.05, 0) is 0 Å². The molecule has 94 valence electrons. The Bertz CT molecular complexity index is 205. The summed E-state index contributed by atoms with van der Waals surface area (Å²) in [5.41, 5.74) is 0. The van der Waals surface area contributed by atoms with Gasteiger partial charge in [-0.25, -0.2) is 0 Å². The van der Waals surface area contributed by atoms with Crippen LogP contribution in [0.4, 0.5) is 0 Å². The summed E-state index contributed by atoms with van der Waals surface area (Å²) < 4.78 is 9.65. The van der Waals surface area contributed by atoms with Gasteiger partial charge in [-0.2, -0.15) is 25.3 Å². The molecule has 0 spiro atoms. The molecule has 0 aliphatic rings. The van der Waals surface area contributed by atoms with Crippen molar-refractivity contribution in [1.82, 2.24) is 0 Å². The normalized spacial score (nSPS) is 14.0. The molecule has 0 aromatic carbocycles. The van der Waals surface area contributed by atoms with Crippen LogP contribution in [0.5, 0.6) is 0 Å². The quantitative estimate of drug-likeness (QED) is 0.416. The van der Waals surface area contributed by atoms with Gasteiger partial charge in [0.25, 0.3) is 0 Å². The number of carbonyl (C=O) groups is 2. The van der Waals surface area contributed by atoms with Crippen molar-refractivity contribution in [3.05, 3.63) is 0 Å². The molecule has 0 aromatic heterocycles. The summed E-state index contributed by atoms with van der Waals surface area (Å²) in [7, 11) is 0. The SMILES string of the molecule is CC(S)CC(=O)OCCOC(=O)CC(C)S. The molecule has 4 nitrogen and oxygen atoms in total. The van der Waals surface area contributed by atoms with Crippen molar-refractivity contribution in [2.24, 2.45) is 0 Å². The zero-order chi connectivity index (χ0) is 12.6. The van der Waals surface area contributed by atoms with Gasteiger partial charge in [-0.15, -0.1) is 0 Å². The number of hydrogen-bond donors (Lipinski definition) is 2. The molecule has 0 rings (SSSR count). The third-order valence-electron chi connectivity index (χ3n) is 1.53. The maximum Gasteiger partial charge on any atom is 0.307 e. The van der Waals surface area contributed by atoms with Crippen LogP contribution in [0.2, 0.25) is 0 Å². The molecule has 0 heterocycles. The van der Waals surface area contributed by atoms with E-state index < -0.39 is 0 Å². The van der Waals surface area contributed by atoms with Gasteiger partial charge in [0.05, 0.1) is 12.8 Å². The largest absolute Gasteiger partial charge is 0.462 e. The minimum absolute atomic E-state index is 0.0277. The number of hydrogen-bond acceptors (Lipinski definition) is 6. The first kappa shape index (κ1) is 15.6. The van der Waals surface area contributed by atoms with E-state index in [4.69, 9.17) is 9.47 Å². The smallest absolute Gasteiger partial charge is 0.307 e. The van der Waals surface area contributed by atoms with Crippen molar-refractivity contribution < 1.29 is 19.1 Å². The molecule has 6 heteroatoms. The van der Waals surface area contributed by atoms with E-state index in [1.165, 1.54) is 0 Å². The van der Waals surface area contributed by atoms with Crippen molar-refractivity contribution in [2.75, 3.05) is 13.2 Å². The Morgan fingerprint density at radius 3 is 1.50 bits per heavy atom. The first-order chi connectivity index (χ1) is 7.41. The van der Waals surface area contributed by atoms with E-state index in [2.05, 4.69) is 25.3 Å². The topological polar surface area (TPSA) is 52.6 Å². The standard InChI is InChI=1S/C10H18O4S2/c1-7(15)5-9(11)13-3-4-14-10(12)6-8(2)16/h7-8,15-16H,3-6H2,1-2H3. The Morgan fingerprint density at radius 1 is 0.938 bits per heavy atom. The van der Waals surface area contributed by atoms with Gasteiger partial charge in [0.2, 0.25) is 0 Å². The molecular weight excluding hydrogens is 248 g/mol. The van der Waals surface area contributed by atoms with E-state index in [1.807, 2.05) is 0 Å². The lowest BCUT2D eigenvalue weighted by atomic mass is 10.3. The Hall–Kier alpha value is -0.360. The van der Waals surface area contributed by atoms with Crippen LogP contribution in [0.25, 0.3) is 0 Å². The van der Waals surface area contributed by atoms with E-state index in [0.717, 1.165) is 0 Å². The predicted octanol–water partition coefficient (Wildman–Crippen LogP) is 1.49. The Kier molecular flexibility index (Phi) is 8.56. The van der Waals surface area contributed by atoms with E-state index in [9.17, 15) is 9.59 Å². The van der Waals surface area contributed by atoms with Crippen molar-refractivity contribution >= 4 is 37.2 Å². The number of rotatable bonds is 7. The van der Waals surface area contributed by atoms with Gasteiger partial charge in [0, 0.05) is 10.5 Å².